The molecule has 22 heavy (non-hydrogen) atoms. The van der Waals surface area contributed by atoms with Crippen LogP contribution in [0.1, 0.15) is 59.8 Å². The number of hydrogen-bond acceptors (Lipinski definition) is 6. The van der Waals surface area contributed by atoms with E-state index in [4.69, 9.17) is 18.9 Å². The monoisotopic (exact) mass is 316 g/mol. The van der Waals surface area contributed by atoms with Gasteiger partial charge in [0.25, 0.3) is 0 Å². The van der Waals surface area contributed by atoms with E-state index >= 15 is 0 Å². The van der Waals surface area contributed by atoms with Gasteiger partial charge in [-0.3, -0.25) is 0 Å². The Morgan fingerprint density at radius 1 is 1.27 bits per heavy atom. The zero-order chi connectivity index (χ0) is 16.3. The van der Waals surface area contributed by atoms with E-state index in [-0.39, 0.29) is 35.8 Å². The Morgan fingerprint density at radius 2 is 1.95 bits per heavy atom. The number of ether oxygens (including phenoxy) is 4. The van der Waals surface area contributed by atoms with Crippen molar-refractivity contribution in [1.82, 2.24) is 0 Å². The van der Waals surface area contributed by atoms with Crippen LogP contribution in [0.4, 0.5) is 0 Å². The third kappa shape index (κ3) is 5.66. The maximum Gasteiger partial charge on any atom is 0.321 e. The molecule has 0 aromatic rings. The van der Waals surface area contributed by atoms with Gasteiger partial charge in [0.05, 0.1) is 11.7 Å². The first kappa shape index (κ1) is 17.4. The predicted molar refractivity (Wildman–Crippen MR) is 79.9 cm³/mol. The molecule has 6 heteroatoms. The fourth-order valence-electron chi connectivity index (χ4n) is 2.38. The summed E-state index contributed by atoms with van der Waals surface area (Å²) in [5, 5.41) is 19.5. The number of hydrogen-bond donors (Lipinski definition) is 2. The fraction of sp³-hybridized carbons (Fsp3) is 0.875. The van der Waals surface area contributed by atoms with Crippen LogP contribution in [-0.4, -0.2) is 40.6 Å². The van der Waals surface area contributed by atoms with Gasteiger partial charge in [-0.25, -0.2) is 0 Å². The highest BCUT2D eigenvalue weighted by atomic mass is 16.8. The van der Waals surface area contributed by atoms with E-state index in [0.29, 0.717) is 12.8 Å². The van der Waals surface area contributed by atoms with Crippen LogP contribution in [0, 0.1) is 0 Å². The van der Waals surface area contributed by atoms with Crippen LogP contribution < -0.4 is 0 Å². The lowest BCUT2D eigenvalue weighted by Gasteiger charge is -2.24. The van der Waals surface area contributed by atoms with Gasteiger partial charge in [0.2, 0.25) is 6.29 Å². The molecule has 1 fully saturated rings. The van der Waals surface area contributed by atoms with Crippen LogP contribution in [0.2, 0.25) is 0 Å². The molecule has 0 radical (unpaired) electrons. The van der Waals surface area contributed by atoms with Crippen LogP contribution in [0.15, 0.2) is 11.7 Å². The predicted octanol–water partition coefficient (Wildman–Crippen LogP) is 2.96. The van der Waals surface area contributed by atoms with Crippen molar-refractivity contribution in [3.05, 3.63) is 11.7 Å². The van der Waals surface area contributed by atoms with Crippen molar-refractivity contribution in [2.24, 2.45) is 0 Å². The van der Waals surface area contributed by atoms with Gasteiger partial charge in [0.1, 0.15) is 6.10 Å². The molecular formula is C16H28O6. The first-order chi connectivity index (χ1) is 10.2. The molecule has 2 aliphatic heterocycles. The van der Waals surface area contributed by atoms with E-state index in [9.17, 15) is 10.2 Å². The normalized spacial score (nSPS) is 27.0. The van der Waals surface area contributed by atoms with E-state index < -0.39 is 6.29 Å². The standard InChI is InChI=1S/C16H28O6/c1-10(7-5-6-8-13(18)22-16(2,3)4)19-14-11(17)9-12-15(20-12)21-14/h10,12-13,15,17-18H,5-9H2,1-4H3/t10-,12-,13?,15?/m1/s1. The van der Waals surface area contributed by atoms with E-state index in [0.717, 1.165) is 19.3 Å². The molecule has 0 saturated carbocycles. The molecule has 0 bridgehead atoms. The van der Waals surface area contributed by atoms with Gasteiger partial charge in [0.15, 0.2) is 12.0 Å². The third-order valence-electron chi connectivity index (χ3n) is 3.50. The van der Waals surface area contributed by atoms with E-state index in [1.165, 1.54) is 0 Å². The Bertz CT molecular complexity index is 400. The molecule has 0 aromatic carbocycles. The molecule has 0 spiro atoms. The van der Waals surface area contributed by atoms with Gasteiger partial charge in [-0.2, -0.15) is 0 Å². The average molecular weight is 316 g/mol. The number of unbranched alkanes of at least 4 members (excludes halogenated alkanes) is 1. The Hall–Kier alpha value is -0.980. The van der Waals surface area contributed by atoms with E-state index in [2.05, 4.69) is 0 Å². The lowest BCUT2D eigenvalue weighted by atomic mass is 10.1. The molecule has 2 heterocycles. The molecular weight excluding hydrogens is 288 g/mol. The summed E-state index contributed by atoms with van der Waals surface area (Å²) in [7, 11) is 0. The molecule has 1 saturated heterocycles. The molecule has 4 atom stereocenters. The summed E-state index contributed by atoms with van der Waals surface area (Å²) in [6, 6.07) is 0. The second-order valence-electron chi connectivity index (χ2n) is 7.00. The quantitative estimate of drug-likeness (QED) is 0.407. The van der Waals surface area contributed by atoms with Crippen LogP contribution in [0.25, 0.3) is 0 Å². The van der Waals surface area contributed by atoms with E-state index in [1.54, 1.807) is 0 Å². The Balaban J connectivity index is 1.59. The molecule has 128 valence electrons. The number of aliphatic hydroxyl groups is 2. The van der Waals surface area contributed by atoms with Gasteiger partial charge < -0.3 is 29.2 Å². The van der Waals surface area contributed by atoms with Crippen LogP contribution in [0.5, 0.6) is 0 Å². The first-order valence-corrected chi connectivity index (χ1v) is 8.01. The lowest BCUT2D eigenvalue weighted by Crippen LogP contribution is -2.27. The van der Waals surface area contributed by atoms with Crippen LogP contribution in [0.3, 0.4) is 0 Å². The van der Waals surface area contributed by atoms with Crippen molar-refractivity contribution in [2.45, 2.75) is 90.2 Å². The minimum absolute atomic E-state index is 0.00744. The fourth-order valence-corrected chi connectivity index (χ4v) is 2.38. The van der Waals surface area contributed by atoms with Crippen LogP contribution in [-0.2, 0) is 18.9 Å². The summed E-state index contributed by atoms with van der Waals surface area (Å²) in [6.45, 7) is 7.70. The molecule has 6 nitrogen and oxygen atoms in total. The number of aliphatic hydroxyl groups excluding tert-OH is 2. The summed E-state index contributed by atoms with van der Waals surface area (Å²) in [5.41, 5.74) is -0.332. The summed E-state index contributed by atoms with van der Waals surface area (Å²) < 4.78 is 21.6. The first-order valence-electron chi connectivity index (χ1n) is 8.01. The summed E-state index contributed by atoms with van der Waals surface area (Å²) in [6.07, 6.45) is 2.59. The van der Waals surface area contributed by atoms with Gasteiger partial charge in [-0.15, -0.1) is 0 Å². The molecule has 2 rings (SSSR count). The Kier molecular flexibility index (Phi) is 5.58. The zero-order valence-corrected chi connectivity index (χ0v) is 13.9. The minimum Gasteiger partial charge on any atom is -0.506 e. The summed E-state index contributed by atoms with van der Waals surface area (Å²) >= 11 is 0. The molecule has 0 amide bonds. The largest absolute Gasteiger partial charge is 0.506 e. The van der Waals surface area contributed by atoms with Crippen molar-refractivity contribution in [1.29, 1.82) is 0 Å². The SMILES string of the molecule is C[C@H](CCCCC(O)OC(C)(C)C)OC1=C(O)C[C@H]2OC2O1. The van der Waals surface area contributed by atoms with Crippen molar-refractivity contribution in [3.8, 4) is 0 Å². The van der Waals surface area contributed by atoms with Gasteiger partial charge >= 0.3 is 5.95 Å². The van der Waals surface area contributed by atoms with Crippen molar-refractivity contribution < 1.29 is 29.2 Å². The second kappa shape index (κ2) is 7.06. The molecule has 2 unspecified atom stereocenters. The maximum absolute atomic E-state index is 9.77. The minimum atomic E-state index is -0.728. The summed E-state index contributed by atoms with van der Waals surface area (Å²) in [4.78, 5) is 0. The second-order valence-corrected chi connectivity index (χ2v) is 7.00. The maximum atomic E-state index is 9.77. The number of epoxide rings is 1. The Labute approximate surface area is 132 Å². The lowest BCUT2D eigenvalue weighted by molar-refractivity contribution is -0.168. The van der Waals surface area contributed by atoms with Gasteiger partial charge in [-0.1, -0.05) is 0 Å². The van der Waals surface area contributed by atoms with E-state index in [1.807, 2.05) is 27.7 Å². The van der Waals surface area contributed by atoms with Gasteiger partial charge in [0, 0.05) is 6.42 Å². The smallest absolute Gasteiger partial charge is 0.321 e. The third-order valence-corrected chi connectivity index (χ3v) is 3.50. The Morgan fingerprint density at radius 3 is 2.64 bits per heavy atom. The highest BCUT2D eigenvalue weighted by Crippen LogP contribution is 2.37. The number of fused-ring (bicyclic) bond motifs is 1. The van der Waals surface area contributed by atoms with Crippen molar-refractivity contribution in [2.75, 3.05) is 0 Å². The molecule has 0 aliphatic carbocycles. The molecule has 0 aromatic heterocycles. The topological polar surface area (TPSA) is 80.7 Å². The number of rotatable bonds is 8. The molecule has 2 N–H and O–H groups in total. The van der Waals surface area contributed by atoms with Crippen molar-refractivity contribution in [3.63, 3.8) is 0 Å². The zero-order valence-electron chi connectivity index (χ0n) is 13.9. The highest BCUT2D eigenvalue weighted by molar-refractivity contribution is 5.05. The highest BCUT2D eigenvalue weighted by Gasteiger charge is 2.47. The average Bonchev–Trinajstić information content (AvgIpc) is 3.10. The summed E-state index contributed by atoms with van der Waals surface area (Å²) in [5.74, 6) is 0.321. The van der Waals surface area contributed by atoms with Gasteiger partial charge in [-0.05, 0) is 53.4 Å². The molecule has 2 aliphatic rings. The van der Waals surface area contributed by atoms with Crippen molar-refractivity contribution >= 4 is 0 Å². The van der Waals surface area contributed by atoms with Crippen LogP contribution >= 0.6 is 0 Å².